The molecule has 2 aliphatic heterocycles. The van der Waals surface area contributed by atoms with Crippen LogP contribution in [0.2, 0.25) is 0 Å². The standard InChI is InChI=1S/C16H23N3O/c1-14(20)17-10-12-19(13-11-17)16-6-4-15(5-7-16)18-8-2-3-9-18/h4-7H,2-3,8-13H2,1H3. The highest BCUT2D eigenvalue weighted by Crippen LogP contribution is 2.24. The Morgan fingerprint density at radius 1 is 0.800 bits per heavy atom. The Hall–Kier alpha value is -1.71. The fraction of sp³-hybridized carbons (Fsp3) is 0.562. The third-order valence-corrected chi connectivity index (χ3v) is 4.41. The minimum Gasteiger partial charge on any atom is -0.372 e. The Morgan fingerprint density at radius 3 is 1.70 bits per heavy atom. The van der Waals surface area contributed by atoms with E-state index in [0.717, 1.165) is 26.2 Å². The molecule has 2 aliphatic rings. The van der Waals surface area contributed by atoms with Gasteiger partial charge in [0, 0.05) is 57.6 Å². The Balaban J connectivity index is 1.62. The fourth-order valence-electron chi connectivity index (χ4n) is 3.13. The SMILES string of the molecule is CC(=O)N1CCN(c2ccc(N3CCCC3)cc2)CC1. The van der Waals surface area contributed by atoms with Crippen LogP contribution in [0, 0.1) is 0 Å². The molecule has 2 saturated heterocycles. The largest absolute Gasteiger partial charge is 0.372 e. The molecule has 2 fully saturated rings. The number of hydrogen-bond donors (Lipinski definition) is 0. The van der Waals surface area contributed by atoms with Crippen LogP contribution in [0.4, 0.5) is 11.4 Å². The minimum atomic E-state index is 0.189. The zero-order chi connectivity index (χ0) is 13.9. The molecule has 0 unspecified atom stereocenters. The van der Waals surface area contributed by atoms with Crippen LogP contribution in [-0.4, -0.2) is 50.1 Å². The van der Waals surface area contributed by atoms with E-state index in [9.17, 15) is 4.79 Å². The van der Waals surface area contributed by atoms with Crippen molar-refractivity contribution in [2.45, 2.75) is 19.8 Å². The van der Waals surface area contributed by atoms with Gasteiger partial charge >= 0.3 is 0 Å². The van der Waals surface area contributed by atoms with E-state index in [1.807, 2.05) is 4.90 Å². The summed E-state index contributed by atoms with van der Waals surface area (Å²) in [4.78, 5) is 18.1. The highest BCUT2D eigenvalue weighted by molar-refractivity contribution is 5.73. The van der Waals surface area contributed by atoms with Crippen molar-refractivity contribution in [1.82, 2.24) is 4.90 Å². The van der Waals surface area contributed by atoms with Crippen LogP contribution < -0.4 is 9.80 Å². The molecule has 0 N–H and O–H groups in total. The number of hydrogen-bond acceptors (Lipinski definition) is 3. The predicted octanol–water partition coefficient (Wildman–Crippen LogP) is 1.96. The molecule has 0 saturated carbocycles. The smallest absolute Gasteiger partial charge is 0.219 e. The number of nitrogens with zero attached hydrogens (tertiary/aromatic N) is 3. The van der Waals surface area contributed by atoms with E-state index < -0.39 is 0 Å². The number of amides is 1. The summed E-state index contributed by atoms with van der Waals surface area (Å²) in [6.45, 7) is 7.57. The van der Waals surface area contributed by atoms with Gasteiger partial charge in [0.2, 0.25) is 5.91 Å². The van der Waals surface area contributed by atoms with Crippen molar-refractivity contribution in [3.8, 4) is 0 Å². The van der Waals surface area contributed by atoms with Crippen LogP contribution in [-0.2, 0) is 4.79 Å². The van der Waals surface area contributed by atoms with Crippen molar-refractivity contribution >= 4 is 17.3 Å². The Morgan fingerprint density at radius 2 is 1.25 bits per heavy atom. The molecule has 20 heavy (non-hydrogen) atoms. The third-order valence-electron chi connectivity index (χ3n) is 4.41. The first kappa shape index (κ1) is 13.3. The van der Waals surface area contributed by atoms with Gasteiger partial charge in [-0.3, -0.25) is 4.79 Å². The molecule has 0 spiro atoms. The molecule has 1 amide bonds. The van der Waals surface area contributed by atoms with Gasteiger partial charge in [0.15, 0.2) is 0 Å². The van der Waals surface area contributed by atoms with E-state index in [2.05, 4.69) is 34.1 Å². The molecular formula is C16H23N3O. The van der Waals surface area contributed by atoms with Crippen molar-refractivity contribution in [1.29, 1.82) is 0 Å². The van der Waals surface area contributed by atoms with Crippen LogP contribution in [0.1, 0.15) is 19.8 Å². The Labute approximate surface area is 121 Å². The maximum absolute atomic E-state index is 11.3. The average Bonchev–Trinajstić information content (AvgIpc) is 3.02. The molecule has 0 atom stereocenters. The molecular weight excluding hydrogens is 250 g/mol. The summed E-state index contributed by atoms with van der Waals surface area (Å²) in [7, 11) is 0. The maximum Gasteiger partial charge on any atom is 0.219 e. The second-order valence-electron chi connectivity index (χ2n) is 5.70. The first-order valence-corrected chi connectivity index (χ1v) is 7.59. The topological polar surface area (TPSA) is 26.8 Å². The third kappa shape index (κ3) is 2.74. The summed E-state index contributed by atoms with van der Waals surface area (Å²) >= 11 is 0. The normalized spacial score (nSPS) is 19.6. The minimum absolute atomic E-state index is 0.189. The maximum atomic E-state index is 11.3. The number of benzene rings is 1. The molecule has 4 nitrogen and oxygen atoms in total. The number of carbonyl (C=O) groups excluding carboxylic acids is 1. The van der Waals surface area contributed by atoms with Crippen LogP contribution in [0.3, 0.4) is 0 Å². The lowest BCUT2D eigenvalue weighted by Gasteiger charge is -2.35. The number of piperazine rings is 1. The monoisotopic (exact) mass is 273 g/mol. The molecule has 1 aromatic rings. The summed E-state index contributed by atoms with van der Waals surface area (Å²) in [5.74, 6) is 0.189. The van der Waals surface area contributed by atoms with Gasteiger partial charge in [-0.2, -0.15) is 0 Å². The first-order valence-electron chi connectivity index (χ1n) is 7.59. The van der Waals surface area contributed by atoms with Crippen molar-refractivity contribution in [2.75, 3.05) is 49.1 Å². The zero-order valence-electron chi connectivity index (χ0n) is 12.2. The second kappa shape index (κ2) is 5.73. The molecule has 4 heteroatoms. The summed E-state index contributed by atoms with van der Waals surface area (Å²) < 4.78 is 0. The quantitative estimate of drug-likeness (QED) is 0.824. The first-order chi connectivity index (χ1) is 9.74. The van der Waals surface area contributed by atoms with Gasteiger partial charge in [-0.25, -0.2) is 0 Å². The number of carbonyl (C=O) groups is 1. The lowest BCUT2D eigenvalue weighted by molar-refractivity contribution is -0.129. The van der Waals surface area contributed by atoms with Gasteiger partial charge in [-0.15, -0.1) is 0 Å². The molecule has 3 rings (SSSR count). The number of rotatable bonds is 2. The average molecular weight is 273 g/mol. The second-order valence-corrected chi connectivity index (χ2v) is 5.70. The summed E-state index contributed by atoms with van der Waals surface area (Å²) in [5, 5.41) is 0. The van der Waals surface area contributed by atoms with E-state index in [0.29, 0.717) is 0 Å². The lowest BCUT2D eigenvalue weighted by atomic mass is 10.2. The van der Waals surface area contributed by atoms with Crippen molar-refractivity contribution in [3.05, 3.63) is 24.3 Å². The molecule has 0 aliphatic carbocycles. The fourth-order valence-corrected chi connectivity index (χ4v) is 3.13. The molecule has 108 valence electrons. The molecule has 0 aromatic heterocycles. The summed E-state index contributed by atoms with van der Waals surface area (Å²) in [6.07, 6.45) is 2.63. The van der Waals surface area contributed by atoms with Crippen molar-refractivity contribution in [3.63, 3.8) is 0 Å². The molecule has 0 radical (unpaired) electrons. The highest BCUT2D eigenvalue weighted by atomic mass is 16.2. The molecule has 0 bridgehead atoms. The zero-order valence-corrected chi connectivity index (χ0v) is 12.2. The lowest BCUT2D eigenvalue weighted by Crippen LogP contribution is -2.48. The highest BCUT2D eigenvalue weighted by Gasteiger charge is 2.19. The Kier molecular flexibility index (Phi) is 3.81. The number of anilines is 2. The van der Waals surface area contributed by atoms with Gasteiger partial charge in [0.1, 0.15) is 0 Å². The van der Waals surface area contributed by atoms with E-state index in [1.165, 1.54) is 37.3 Å². The van der Waals surface area contributed by atoms with Crippen molar-refractivity contribution < 1.29 is 4.79 Å². The molecule has 1 aromatic carbocycles. The predicted molar refractivity (Wildman–Crippen MR) is 82.4 cm³/mol. The Bertz CT molecular complexity index is 457. The van der Waals surface area contributed by atoms with Crippen molar-refractivity contribution in [2.24, 2.45) is 0 Å². The summed E-state index contributed by atoms with van der Waals surface area (Å²) in [5.41, 5.74) is 2.62. The van der Waals surface area contributed by atoms with Gasteiger partial charge in [0.05, 0.1) is 0 Å². The van der Waals surface area contributed by atoms with Gasteiger partial charge in [0.25, 0.3) is 0 Å². The van der Waals surface area contributed by atoms with E-state index in [4.69, 9.17) is 0 Å². The van der Waals surface area contributed by atoms with E-state index >= 15 is 0 Å². The van der Waals surface area contributed by atoms with Gasteiger partial charge in [-0.05, 0) is 37.1 Å². The summed E-state index contributed by atoms with van der Waals surface area (Å²) in [6, 6.07) is 8.91. The molecule has 2 heterocycles. The van der Waals surface area contributed by atoms with Crippen LogP contribution >= 0.6 is 0 Å². The van der Waals surface area contributed by atoms with Crippen LogP contribution in [0.25, 0.3) is 0 Å². The van der Waals surface area contributed by atoms with Gasteiger partial charge in [-0.1, -0.05) is 0 Å². The van der Waals surface area contributed by atoms with E-state index in [-0.39, 0.29) is 5.91 Å². The van der Waals surface area contributed by atoms with Crippen LogP contribution in [0.5, 0.6) is 0 Å². The van der Waals surface area contributed by atoms with Gasteiger partial charge < -0.3 is 14.7 Å². The van der Waals surface area contributed by atoms with Crippen LogP contribution in [0.15, 0.2) is 24.3 Å². The van der Waals surface area contributed by atoms with E-state index in [1.54, 1.807) is 6.92 Å².